The van der Waals surface area contributed by atoms with Gasteiger partial charge >= 0.3 is 0 Å². The third-order valence-electron chi connectivity index (χ3n) is 2.52. The van der Waals surface area contributed by atoms with Crippen LogP contribution in [0.4, 0.5) is 0 Å². The van der Waals surface area contributed by atoms with E-state index in [0.717, 1.165) is 0 Å². The summed E-state index contributed by atoms with van der Waals surface area (Å²) in [7, 11) is -4.14. The molecule has 0 radical (unpaired) electrons. The van der Waals surface area contributed by atoms with Crippen LogP contribution in [0.25, 0.3) is 0 Å². The summed E-state index contributed by atoms with van der Waals surface area (Å²) < 4.78 is 28.0. The molecule has 0 saturated carbocycles. The molecule has 1 aromatic carbocycles. The second-order valence-electron chi connectivity index (χ2n) is 3.95. The van der Waals surface area contributed by atoms with E-state index in [1.165, 1.54) is 24.3 Å². The molecule has 0 amide bonds. The average Bonchev–Trinajstić information content (AvgIpc) is 2.48. The maximum absolute atomic E-state index is 12.2. The summed E-state index contributed by atoms with van der Waals surface area (Å²) in [5.41, 5.74) is -0.395. The van der Waals surface area contributed by atoms with Crippen molar-refractivity contribution < 1.29 is 13.2 Å². The number of nitrogens with zero attached hydrogens (tertiary/aromatic N) is 1. The molecule has 1 aliphatic carbocycles. The van der Waals surface area contributed by atoms with Gasteiger partial charge < -0.3 is 0 Å². The first kappa shape index (κ1) is 17.8. The summed E-state index contributed by atoms with van der Waals surface area (Å²) in [5.74, 6) is -0.804. The second kappa shape index (κ2) is 6.51. The molecule has 0 unspecified atom stereocenters. The Morgan fingerprint density at radius 1 is 0.773 bits per heavy atom. The number of carbonyl (C=O) groups is 1. The van der Waals surface area contributed by atoms with E-state index in [4.69, 9.17) is 58.0 Å². The highest BCUT2D eigenvalue weighted by atomic mass is 35.5. The highest BCUT2D eigenvalue weighted by Crippen LogP contribution is 2.34. The first-order chi connectivity index (χ1) is 10.1. The van der Waals surface area contributed by atoms with Crippen LogP contribution in [0.5, 0.6) is 0 Å². The standard InChI is InChI=1S/C12H4Cl5NO3S/c13-5-1-3-6(4-2-5)22(20,21)18-11-7(14)9(16)12(19)10(17)8(11)15/h1-4H. The average molecular weight is 420 g/mol. The number of carbonyl (C=O) groups excluding carboxylic acids is 1. The summed E-state index contributed by atoms with van der Waals surface area (Å²) in [6, 6.07) is 5.28. The third-order valence-corrected chi connectivity index (χ3v) is 5.72. The SMILES string of the molecule is O=C1C(Cl)=C(Cl)C(=NS(=O)(=O)c2ccc(Cl)cc2)C(Cl)=C1Cl. The fraction of sp³-hybridized carbons (Fsp3) is 0. The molecular formula is C12H4Cl5NO3S. The lowest BCUT2D eigenvalue weighted by molar-refractivity contribution is -0.111. The van der Waals surface area contributed by atoms with Crippen molar-refractivity contribution in [3.05, 3.63) is 49.4 Å². The minimum Gasteiger partial charge on any atom is -0.286 e. The Morgan fingerprint density at radius 2 is 1.23 bits per heavy atom. The Labute approximate surface area is 151 Å². The summed E-state index contributed by atoms with van der Waals surface area (Å²) >= 11 is 28.8. The van der Waals surface area contributed by atoms with Gasteiger partial charge in [0.05, 0.1) is 15.0 Å². The van der Waals surface area contributed by atoms with Gasteiger partial charge in [0.15, 0.2) is 0 Å². The zero-order chi connectivity index (χ0) is 16.7. The molecule has 1 aromatic rings. The van der Waals surface area contributed by atoms with Crippen LogP contribution in [0.15, 0.2) is 53.7 Å². The molecule has 0 N–H and O–H groups in total. The minimum absolute atomic E-state index is 0.137. The summed E-state index contributed by atoms with van der Waals surface area (Å²) in [6.45, 7) is 0. The maximum atomic E-state index is 12.2. The van der Waals surface area contributed by atoms with E-state index >= 15 is 0 Å². The molecule has 22 heavy (non-hydrogen) atoms. The topological polar surface area (TPSA) is 63.6 Å². The van der Waals surface area contributed by atoms with Gasteiger partial charge in [0, 0.05) is 5.02 Å². The van der Waals surface area contributed by atoms with Crippen molar-refractivity contribution >= 4 is 79.5 Å². The van der Waals surface area contributed by atoms with Crippen LogP contribution in [-0.2, 0) is 14.8 Å². The Hall–Kier alpha value is -0.560. The van der Waals surface area contributed by atoms with E-state index in [0.29, 0.717) is 5.02 Å². The number of sulfonamides is 1. The predicted octanol–water partition coefficient (Wildman–Crippen LogP) is 4.43. The molecule has 0 spiro atoms. The van der Waals surface area contributed by atoms with Crippen molar-refractivity contribution in [1.82, 2.24) is 0 Å². The molecule has 0 aromatic heterocycles. The number of hydrogen-bond acceptors (Lipinski definition) is 3. The van der Waals surface area contributed by atoms with Crippen molar-refractivity contribution in [2.24, 2.45) is 4.40 Å². The normalized spacial score (nSPS) is 16.4. The molecule has 0 bridgehead atoms. The molecule has 1 aliphatic rings. The predicted molar refractivity (Wildman–Crippen MR) is 88.5 cm³/mol. The highest BCUT2D eigenvalue weighted by Gasteiger charge is 2.31. The van der Waals surface area contributed by atoms with Gasteiger partial charge in [-0.15, -0.1) is 0 Å². The van der Waals surface area contributed by atoms with Crippen LogP contribution in [0.3, 0.4) is 0 Å². The molecule has 2 rings (SSSR count). The number of allylic oxidation sites excluding steroid dienone is 4. The summed E-state index contributed by atoms with van der Waals surface area (Å²) in [5, 5.41) is -1.34. The van der Waals surface area contributed by atoms with Crippen LogP contribution >= 0.6 is 58.0 Å². The van der Waals surface area contributed by atoms with Crippen LogP contribution in [0.1, 0.15) is 0 Å². The van der Waals surface area contributed by atoms with E-state index in [9.17, 15) is 13.2 Å². The minimum atomic E-state index is -4.14. The Kier molecular flexibility index (Phi) is 5.27. The van der Waals surface area contributed by atoms with Gasteiger partial charge in [0.1, 0.15) is 15.8 Å². The van der Waals surface area contributed by atoms with Crippen LogP contribution < -0.4 is 0 Å². The van der Waals surface area contributed by atoms with E-state index in [-0.39, 0.29) is 4.90 Å². The number of rotatable bonds is 2. The van der Waals surface area contributed by atoms with Crippen LogP contribution in [0.2, 0.25) is 5.02 Å². The van der Waals surface area contributed by atoms with Gasteiger partial charge in [-0.1, -0.05) is 58.0 Å². The highest BCUT2D eigenvalue weighted by molar-refractivity contribution is 7.90. The Morgan fingerprint density at radius 3 is 1.68 bits per heavy atom. The molecule has 116 valence electrons. The van der Waals surface area contributed by atoms with Crippen molar-refractivity contribution in [3.63, 3.8) is 0 Å². The Balaban J connectivity index is 2.61. The zero-order valence-corrected chi connectivity index (χ0v) is 14.9. The maximum Gasteiger partial charge on any atom is 0.282 e. The summed E-state index contributed by atoms with van der Waals surface area (Å²) in [4.78, 5) is 11.5. The lowest BCUT2D eigenvalue weighted by Crippen LogP contribution is -2.17. The molecule has 0 heterocycles. The molecule has 4 nitrogen and oxygen atoms in total. The third kappa shape index (κ3) is 3.35. The second-order valence-corrected chi connectivity index (χ2v) is 7.51. The quantitative estimate of drug-likeness (QED) is 0.666. The van der Waals surface area contributed by atoms with E-state index < -0.39 is 41.6 Å². The Bertz CT molecular complexity index is 823. The van der Waals surface area contributed by atoms with Gasteiger partial charge in [0.2, 0.25) is 5.78 Å². The van der Waals surface area contributed by atoms with Crippen molar-refractivity contribution in [1.29, 1.82) is 0 Å². The fourth-order valence-electron chi connectivity index (χ4n) is 1.46. The molecule has 0 aliphatic heterocycles. The molecule has 0 saturated heterocycles. The van der Waals surface area contributed by atoms with Crippen molar-refractivity contribution in [2.45, 2.75) is 4.90 Å². The first-order valence-corrected chi connectivity index (χ1v) is 8.74. The number of hydrogen-bond donors (Lipinski definition) is 0. The number of Topliss-reactive ketones (excluding diaryl/α,β-unsaturated/α-hetero) is 1. The number of benzene rings is 1. The molecule has 0 fully saturated rings. The van der Waals surface area contributed by atoms with Gasteiger partial charge in [-0.05, 0) is 24.3 Å². The zero-order valence-electron chi connectivity index (χ0n) is 10.3. The van der Waals surface area contributed by atoms with Crippen LogP contribution in [-0.4, -0.2) is 19.9 Å². The largest absolute Gasteiger partial charge is 0.286 e. The lowest BCUT2D eigenvalue weighted by atomic mass is 10.1. The summed E-state index contributed by atoms with van der Waals surface area (Å²) in [6.07, 6.45) is 0. The van der Waals surface area contributed by atoms with E-state index in [2.05, 4.69) is 4.40 Å². The first-order valence-electron chi connectivity index (χ1n) is 5.41. The van der Waals surface area contributed by atoms with Gasteiger partial charge in [0.25, 0.3) is 10.0 Å². The van der Waals surface area contributed by atoms with Gasteiger partial charge in [-0.3, -0.25) is 4.79 Å². The van der Waals surface area contributed by atoms with E-state index in [1.807, 2.05) is 0 Å². The number of halogens is 5. The van der Waals surface area contributed by atoms with Crippen LogP contribution in [0, 0.1) is 0 Å². The molecule has 10 heteroatoms. The van der Waals surface area contributed by atoms with E-state index in [1.54, 1.807) is 0 Å². The monoisotopic (exact) mass is 417 g/mol. The molecule has 0 atom stereocenters. The van der Waals surface area contributed by atoms with Crippen molar-refractivity contribution in [3.8, 4) is 0 Å². The fourth-order valence-corrected chi connectivity index (χ4v) is 3.60. The molecular weight excluding hydrogens is 415 g/mol. The van der Waals surface area contributed by atoms with Crippen molar-refractivity contribution in [2.75, 3.05) is 0 Å². The lowest BCUT2D eigenvalue weighted by Gasteiger charge is -2.13. The van der Waals surface area contributed by atoms with Gasteiger partial charge in [-0.25, -0.2) is 0 Å². The smallest absolute Gasteiger partial charge is 0.282 e. The number of ketones is 1. The van der Waals surface area contributed by atoms with Gasteiger partial charge in [-0.2, -0.15) is 12.8 Å².